The van der Waals surface area contributed by atoms with E-state index in [9.17, 15) is 29.1 Å². The fourth-order valence-corrected chi connectivity index (χ4v) is 2.37. The first-order chi connectivity index (χ1) is 15.8. The molecule has 0 saturated heterocycles. The Morgan fingerprint density at radius 1 is 1.06 bits per heavy atom. The molecule has 12 heteroatoms. The average molecular weight is 481 g/mol. The zero-order valence-electron chi connectivity index (χ0n) is 19.9. The summed E-state index contributed by atoms with van der Waals surface area (Å²) in [5.74, 6) is -2.68. The van der Waals surface area contributed by atoms with Crippen molar-refractivity contribution in [1.29, 1.82) is 0 Å². The monoisotopic (exact) mass is 480 g/mol. The molecule has 0 bridgehead atoms. The molecule has 34 heavy (non-hydrogen) atoms. The number of hydrogen-bond donors (Lipinski definition) is 4. The lowest BCUT2D eigenvalue weighted by Crippen LogP contribution is -2.51. The van der Waals surface area contributed by atoms with E-state index in [4.69, 9.17) is 9.47 Å². The maximum atomic E-state index is 12.2. The number of rotatable bonds is 10. The zero-order valence-corrected chi connectivity index (χ0v) is 19.9. The first-order valence-electron chi connectivity index (χ1n) is 10.5. The predicted molar refractivity (Wildman–Crippen MR) is 121 cm³/mol. The first kappa shape index (κ1) is 28.2. The Morgan fingerprint density at radius 3 is 2.24 bits per heavy atom. The Balaban J connectivity index is 2.44. The van der Waals surface area contributed by atoms with E-state index in [0.29, 0.717) is 0 Å². The number of nitrogens with one attached hydrogen (secondary N) is 3. The summed E-state index contributed by atoms with van der Waals surface area (Å²) in [6.07, 6.45) is -1.66. The van der Waals surface area contributed by atoms with Crippen molar-refractivity contribution in [1.82, 2.24) is 20.9 Å². The lowest BCUT2D eigenvalue weighted by molar-refractivity contribution is -0.139. The second-order valence-corrected chi connectivity index (χ2v) is 8.39. The van der Waals surface area contributed by atoms with Crippen LogP contribution in [-0.2, 0) is 30.5 Å². The van der Waals surface area contributed by atoms with E-state index in [1.807, 2.05) is 0 Å². The second kappa shape index (κ2) is 13.0. The number of hydrogen-bond acceptors (Lipinski definition) is 7. The van der Waals surface area contributed by atoms with Gasteiger partial charge in [0, 0.05) is 13.6 Å². The van der Waals surface area contributed by atoms with Gasteiger partial charge < -0.3 is 30.5 Å². The quantitative estimate of drug-likeness (QED) is 0.383. The van der Waals surface area contributed by atoms with Crippen molar-refractivity contribution in [3.63, 3.8) is 0 Å². The van der Waals surface area contributed by atoms with Gasteiger partial charge in [0.2, 0.25) is 11.8 Å². The largest absolute Gasteiger partial charge is 0.480 e. The summed E-state index contributed by atoms with van der Waals surface area (Å²) < 4.78 is 10.2. The molecule has 0 saturated carbocycles. The van der Waals surface area contributed by atoms with E-state index in [1.54, 1.807) is 51.1 Å². The number of carbonyl (C=O) groups is 5. The van der Waals surface area contributed by atoms with Gasteiger partial charge in [-0.25, -0.2) is 14.4 Å². The fourth-order valence-electron chi connectivity index (χ4n) is 2.37. The van der Waals surface area contributed by atoms with Crippen molar-refractivity contribution in [2.45, 2.75) is 52.0 Å². The molecule has 0 aliphatic rings. The molecule has 4 N–H and O–H groups in total. The number of ether oxygens (including phenoxy) is 2. The van der Waals surface area contributed by atoms with Crippen molar-refractivity contribution in [2.75, 3.05) is 20.1 Å². The van der Waals surface area contributed by atoms with Crippen LogP contribution in [0.3, 0.4) is 0 Å². The summed E-state index contributed by atoms with van der Waals surface area (Å²) in [7, 11) is 1.39. The van der Waals surface area contributed by atoms with Gasteiger partial charge in [-0.15, -0.1) is 0 Å². The van der Waals surface area contributed by atoms with Gasteiger partial charge in [0.15, 0.2) is 0 Å². The first-order valence-corrected chi connectivity index (χ1v) is 10.5. The lowest BCUT2D eigenvalue weighted by atomic mass is 10.2. The molecule has 0 heterocycles. The number of benzene rings is 1. The van der Waals surface area contributed by atoms with Crippen LogP contribution in [0.1, 0.15) is 33.3 Å². The summed E-state index contributed by atoms with van der Waals surface area (Å²) in [4.78, 5) is 60.6. The van der Waals surface area contributed by atoms with Crippen molar-refractivity contribution >= 4 is 30.0 Å². The molecule has 0 aliphatic carbocycles. The Morgan fingerprint density at radius 2 is 1.68 bits per heavy atom. The third kappa shape index (κ3) is 10.7. The highest BCUT2D eigenvalue weighted by molar-refractivity contribution is 5.89. The highest BCUT2D eigenvalue weighted by Crippen LogP contribution is 2.10. The van der Waals surface area contributed by atoms with Gasteiger partial charge in [-0.3, -0.25) is 14.5 Å². The molecule has 0 spiro atoms. The van der Waals surface area contributed by atoms with Gasteiger partial charge >= 0.3 is 18.2 Å². The van der Waals surface area contributed by atoms with Crippen molar-refractivity contribution in [3.05, 3.63) is 35.9 Å². The van der Waals surface area contributed by atoms with E-state index in [2.05, 4.69) is 16.0 Å². The summed E-state index contributed by atoms with van der Waals surface area (Å²) in [6, 6.07) is 6.44. The number of aliphatic carboxylic acids is 1. The number of likely N-dealkylation sites (N-methyl/N-ethyl adjacent to an activating group) is 1. The van der Waals surface area contributed by atoms with Gasteiger partial charge in [-0.2, -0.15) is 0 Å². The summed E-state index contributed by atoms with van der Waals surface area (Å²) in [5.41, 5.74) is -0.00971. The fraction of sp³-hybridized carbons (Fsp3) is 0.500. The van der Waals surface area contributed by atoms with Gasteiger partial charge in [0.05, 0.1) is 6.54 Å². The minimum atomic E-state index is -1.44. The van der Waals surface area contributed by atoms with Crippen LogP contribution in [0.15, 0.2) is 30.3 Å². The second-order valence-electron chi connectivity index (χ2n) is 8.39. The standard InChI is InChI=1S/C22H32N4O8/c1-14(26(5)21(32)34-22(2,3)4)18(28)24-12-17(27)23-11-16(19(29)30)25-20(31)33-13-15-9-7-6-8-10-15/h6-10,14,16H,11-13H2,1-5H3,(H,23,27)(H,24,28)(H,25,31)(H,29,30). The third-order valence-electron chi connectivity index (χ3n) is 4.37. The van der Waals surface area contributed by atoms with Crippen LogP contribution in [0.25, 0.3) is 0 Å². The minimum Gasteiger partial charge on any atom is -0.480 e. The third-order valence-corrected chi connectivity index (χ3v) is 4.37. The van der Waals surface area contributed by atoms with Gasteiger partial charge in [0.25, 0.3) is 0 Å². The number of carboxylic acid groups (broad SMARTS) is 1. The van der Waals surface area contributed by atoms with Crippen LogP contribution in [0.2, 0.25) is 0 Å². The molecule has 1 aromatic rings. The van der Waals surface area contributed by atoms with Crippen LogP contribution < -0.4 is 16.0 Å². The number of carboxylic acids is 1. The van der Waals surface area contributed by atoms with Gasteiger partial charge in [-0.05, 0) is 33.3 Å². The Bertz CT molecular complexity index is 869. The van der Waals surface area contributed by atoms with Crippen molar-refractivity contribution in [2.24, 2.45) is 0 Å². The molecule has 1 aromatic carbocycles. The molecule has 12 nitrogen and oxygen atoms in total. The molecule has 0 aliphatic heterocycles. The molecular weight excluding hydrogens is 448 g/mol. The topological polar surface area (TPSA) is 163 Å². The van der Waals surface area contributed by atoms with Crippen molar-refractivity contribution < 1.29 is 38.6 Å². The Labute approximate surface area is 198 Å². The zero-order chi connectivity index (χ0) is 25.9. The van der Waals surface area contributed by atoms with Crippen LogP contribution >= 0.6 is 0 Å². The Kier molecular flexibility index (Phi) is 10.8. The highest BCUT2D eigenvalue weighted by Gasteiger charge is 2.27. The molecule has 0 aromatic heterocycles. The lowest BCUT2D eigenvalue weighted by Gasteiger charge is -2.28. The van der Waals surface area contributed by atoms with Gasteiger partial charge in [-0.1, -0.05) is 30.3 Å². The SMILES string of the molecule is CC(C(=O)NCC(=O)NCC(NC(=O)OCc1ccccc1)C(=O)O)N(C)C(=O)OC(C)(C)C. The number of nitrogens with zero attached hydrogens (tertiary/aromatic N) is 1. The minimum absolute atomic E-state index is 0.0483. The maximum Gasteiger partial charge on any atom is 0.410 e. The molecule has 0 radical (unpaired) electrons. The summed E-state index contributed by atoms with van der Waals surface area (Å²) in [6.45, 7) is 5.59. The van der Waals surface area contributed by atoms with E-state index in [0.717, 1.165) is 10.5 Å². The summed E-state index contributed by atoms with van der Waals surface area (Å²) in [5, 5.41) is 16.1. The number of amides is 4. The van der Waals surface area contributed by atoms with Gasteiger partial charge in [0.1, 0.15) is 24.3 Å². The Hall–Kier alpha value is -3.83. The predicted octanol–water partition coefficient (Wildman–Crippen LogP) is 0.854. The van der Waals surface area contributed by atoms with Crippen LogP contribution in [0.5, 0.6) is 0 Å². The normalized spacial score (nSPS) is 12.5. The molecule has 0 fully saturated rings. The number of alkyl carbamates (subject to hydrolysis) is 1. The van der Waals surface area contributed by atoms with Crippen LogP contribution in [0, 0.1) is 0 Å². The average Bonchev–Trinajstić information content (AvgIpc) is 2.77. The molecule has 4 amide bonds. The van der Waals surface area contributed by atoms with E-state index in [-0.39, 0.29) is 6.61 Å². The molecule has 1 rings (SSSR count). The highest BCUT2D eigenvalue weighted by atomic mass is 16.6. The van der Waals surface area contributed by atoms with Crippen LogP contribution in [-0.4, -0.2) is 77.8 Å². The maximum absolute atomic E-state index is 12.2. The molecule has 188 valence electrons. The number of carbonyl (C=O) groups excluding carboxylic acids is 4. The molecule has 2 atom stereocenters. The van der Waals surface area contributed by atoms with E-state index >= 15 is 0 Å². The van der Waals surface area contributed by atoms with E-state index < -0.39 is 60.7 Å². The molecule has 2 unspecified atom stereocenters. The summed E-state index contributed by atoms with van der Waals surface area (Å²) >= 11 is 0. The smallest absolute Gasteiger partial charge is 0.410 e. The van der Waals surface area contributed by atoms with Crippen LogP contribution in [0.4, 0.5) is 9.59 Å². The van der Waals surface area contributed by atoms with E-state index in [1.165, 1.54) is 14.0 Å². The molecular formula is C22H32N4O8. The van der Waals surface area contributed by atoms with Crippen molar-refractivity contribution in [3.8, 4) is 0 Å².